The number of rotatable bonds is 12. The van der Waals surface area contributed by atoms with Gasteiger partial charge in [0.1, 0.15) is 12.4 Å². The molecule has 0 unspecified atom stereocenters. The van der Waals surface area contributed by atoms with E-state index in [1.54, 1.807) is 18.9 Å². The third-order valence-electron chi connectivity index (χ3n) is 4.43. The summed E-state index contributed by atoms with van der Waals surface area (Å²) in [5.41, 5.74) is 10.6. The summed E-state index contributed by atoms with van der Waals surface area (Å²) in [6.45, 7) is 12.7. The van der Waals surface area contributed by atoms with E-state index in [4.69, 9.17) is 20.9 Å². The number of primary amides is 1. The van der Waals surface area contributed by atoms with Crippen molar-refractivity contribution in [2.75, 3.05) is 83.0 Å². The Hall–Kier alpha value is -2.57. The molecule has 4 N–H and O–H groups in total. The molecule has 12 nitrogen and oxygen atoms in total. The molecule has 0 bridgehead atoms. The van der Waals surface area contributed by atoms with E-state index in [2.05, 4.69) is 31.8 Å². The zero-order chi connectivity index (χ0) is 25.9. The molecule has 196 valence electrons. The third kappa shape index (κ3) is 13.9. The Kier molecular flexibility index (Phi) is 17.4. The quantitative estimate of drug-likeness (QED) is 0.394. The molecule has 1 aromatic rings. The van der Waals surface area contributed by atoms with Gasteiger partial charge in [0.25, 0.3) is 0 Å². The number of nitrogens with zero attached hydrogens (tertiary/aromatic N) is 6. The van der Waals surface area contributed by atoms with Gasteiger partial charge in [-0.3, -0.25) is 4.79 Å². The number of ether oxygens (including phenoxy) is 2. The van der Waals surface area contributed by atoms with Crippen LogP contribution in [-0.2, 0) is 14.3 Å². The number of anilines is 2. The zero-order valence-corrected chi connectivity index (χ0v) is 21.7. The Morgan fingerprint density at radius 3 is 2.21 bits per heavy atom. The predicted molar refractivity (Wildman–Crippen MR) is 134 cm³/mol. The Morgan fingerprint density at radius 1 is 1.06 bits per heavy atom. The Balaban J connectivity index is 0.00000118. The van der Waals surface area contributed by atoms with Gasteiger partial charge in [0.15, 0.2) is 0 Å². The number of hydrogen-bond donors (Lipinski definition) is 2. The highest BCUT2D eigenvalue weighted by Crippen LogP contribution is 2.18. The molecule has 12 heteroatoms. The zero-order valence-electron chi connectivity index (χ0n) is 21.7. The second kappa shape index (κ2) is 18.8. The highest BCUT2D eigenvalue weighted by Gasteiger charge is 2.20. The lowest BCUT2D eigenvalue weighted by Crippen LogP contribution is -2.45. The van der Waals surface area contributed by atoms with Gasteiger partial charge < -0.3 is 40.4 Å². The summed E-state index contributed by atoms with van der Waals surface area (Å²) in [5.74, 6) is 0.687. The number of hydrogen-bond acceptors (Lipinski definition) is 11. The van der Waals surface area contributed by atoms with Gasteiger partial charge in [0, 0.05) is 46.2 Å². The number of nitrogens with two attached hydrogens (primary N) is 2. The average molecular weight is 485 g/mol. The van der Waals surface area contributed by atoms with E-state index < -0.39 is 5.91 Å². The first-order chi connectivity index (χ1) is 16.3. The van der Waals surface area contributed by atoms with Gasteiger partial charge >= 0.3 is 6.01 Å². The number of aromatic nitrogens is 3. The summed E-state index contributed by atoms with van der Waals surface area (Å²) >= 11 is 0. The van der Waals surface area contributed by atoms with Crippen LogP contribution in [0, 0.1) is 0 Å². The minimum Gasteiger partial charge on any atom is -0.461 e. The molecule has 0 aliphatic carbocycles. The average Bonchev–Trinajstić information content (AvgIpc) is 2.80. The molecule has 1 amide bonds. The second-order valence-corrected chi connectivity index (χ2v) is 7.53. The standard InChI is InChI=1S/C15H28N8O3.C5H10O.C2H6/c1-21-4-6-23(7-5-21)14-18-13(22(2)11-12(17)24)19-15(20-14)26-10-9-25-8-3-16;1-3-4-5(2)6;1-2/h3-11,16H2,1-2H3,(H2,17,24);3-4H2,1-2H3;1-2H3. The fourth-order valence-electron chi connectivity index (χ4n) is 2.75. The van der Waals surface area contributed by atoms with Crippen LogP contribution in [0.1, 0.15) is 40.5 Å². The van der Waals surface area contributed by atoms with E-state index in [9.17, 15) is 9.59 Å². The molecule has 0 saturated carbocycles. The molecule has 1 saturated heterocycles. The molecule has 1 aliphatic rings. The van der Waals surface area contributed by atoms with E-state index >= 15 is 0 Å². The van der Waals surface area contributed by atoms with Gasteiger partial charge in [0.2, 0.25) is 17.8 Å². The molecule has 2 heterocycles. The van der Waals surface area contributed by atoms with E-state index in [1.165, 1.54) is 0 Å². The first-order valence-corrected chi connectivity index (χ1v) is 11.9. The Labute approximate surface area is 204 Å². The molecule has 0 atom stereocenters. The van der Waals surface area contributed by atoms with Gasteiger partial charge in [-0.15, -0.1) is 0 Å². The second-order valence-electron chi connectivity index (χ2n) is 7.53. The SMILES string of the molecule is CC.CCCC(C)=O.CN1CCN(c2nc(OCCOCCN)nc(N(C)CC(N)=O)n2)CC1. The van der Waals surface area contributed by atoms with Crippen molar-refractivity contribution in [1.82, 2.24) is 19.9 Å². The molecular weight excluding hydrogens is 440 g/mol. The normalized spacial score (nSPS) is 13.2. The van der Waals surface area contributed by atoms with Crippen molar-refractivity contribution < 1.29 is 19.1 Å². The number of likely N-dealkylation sites (N-methyl/N-ethyl adjacent to an activating group) is 2. The van der Waals surface area contributed by atoms with Crippen LogP contribution in [0.3, 0.4) is 0 Å². The molecule has 1 fully saturated rings. The smallest absolute Gasteiger partial charge is 0.323 e. The summed E-state index contributed by atoms with van der Waals surface area (Å²) in [5, 5.41) is 0. The van der Waals surface area contributed by atoms with Crippen LogP contribution >= 0.6 is 0 Å². The molecule has 34 heavy (non-hydrogen) atoms. The Morgan fingerprint density at radius 2 is 1.71 bits per heavy atom. The molecule has 1 aromatic heterocycles. The fourth-order valence-corrected chi connectivity index (χ4v) is 2.75. The van der Waals surface area contributed by atoms with Crippen LogP contribution in [0.5, 0.6) is 6.01 Å². The highest BCUT2D eigenvalue weighted by atomic mass is 16.5. The van der Waals surface area contributed by atoms with E-state index in [-0.39, 0.29) is 18.3 Å². The van der Waals surface area contributed by atoms with Gasteiger partial charge in [0.05, 0.1) is 19.8 Å². The van der Waals surface area contributed by atoms with Crippen molar-refractivity contribution in [3.63, 3.8) is 0 Å². The number of ketones is 1. The van der Waals surface area contributed by atoms with Crippen LogP contribution in [-0.4, -0.2) is 105 Å². The first kappa shape index (κ1) is 31.4. The summed E-state index contributed by atoms with van der Waals surface area (Å²) in [7, 11) is 3.77. The van der Waals surface area contributed by atoms with Crippen molar-refractivity contribution >= 4 is 23.6 Å². The van der Waals surface area contributed by atoms with E-state index in [0.29, 0.717) is 38.3 Å². The maximum Gasteiger partial charge on any atom is 0.323 e. The monoisotopic (exact) mass is 484 g/mol. The molecular formula is C22H44N8O4. The lowest BCUT2D eigenvalue weighted by atomic mass is 10.3. The van der Waals surface area contributed by atoms with Gasteiger partial charge in [-0.1, -0.05) is 20.8 Å². The van der Waals surface area contributed by atoms with Crippen LogP contribution in [0.15, 0.2) is 0 Å². The van der Waals surface area contributed by atoms with Crippen LogP contribution in [0.25, 0.3) is 0 Å². The molecule has 0 aromatic carbocycles. The van der Waals surface area contributed by atoms with Gasteiger partial charge in [-0.05, 0) is 20.4 Å². The molecule has 0 radical (unpaired) electrons. The summed E-state index contributed by atoms with van der Waals surface area (Å²) in [6.07, 6.45) is 1.72. The predicted octanol–water partition coefficient (Wildman–Crippen LogP) is 0.301. The van der Waals surface area contributed by atoms with Crippen LogP contribution in [0.2, 0.25) is 0 Å². The lowest BCUT2D eigenvalue weighted by molar-refractivity contribution is -0.117. The largest absolute Gasteiger partial charge is 0.461 e. The summed E-state index contributed by atoms with van der Waals surface area (Å²) in [6, 6.07) is 0.191. The first-order valence-electron chi connectivity index (χ1n) is 11.9. The lowest BCUT2D eigenvalue weighted by Gasteiger charge is -2.32. The van der Waals surface area contributed by atoms with Crippen LogP contribution in [0.4, 0.5) is 11.9 Å². The minimum atomic E-state index is -0.466. The molecule has 2 rings (SSSR count). The number of piperazine rings is 1. The maximum absolute atomic E-state index is 11.2. The third-order valence-corrected chi connectivity index (χ3v) is 4.43. The number of Topliss-reactive ketones (excluding diaryl/α,β-unsaturated/α-hetero) is 1. The fraction of sp³-hybridized carbons (Fsp3) is 0.773. The summed E-state index contributed by atoms with van der Waals surface area (Å²) in [4.78, 5) is 40.3. The van der Waals surface area contributed by atoms with Crippen molar-refractivity contribution in [2.24, 2.45) is 11.5 Å². The number of carbonyl (C=O) groups excluding carboxylic acids is 2. The molecule has 1 aliphatic heterocycles. The summed E-state index contributed by atoms with van der Waals surface area (Å²) < 4.78 is 10.9. The van der Waals surface area contributed by atoms with Crippen molar-refractivity contribution in [3.8, 4) is 6.01 Å². The number of carbonyl (C=O) groups is 2. The highest BCUT2D eigenvalue weighted by molar-refractivity contribution is 5.78. The molecule has 0 spiro atoms. The number of amides is 1. The van der Waals surface area contributed by atoms with Crippen molar-refractivity contribution in [3.05, 3.63) is 0 Å². The minimum absolute atomic E-state index is 0.00520. The van der Waals surface area contributed by atoms with E-state index in [0.717, 1.165) is 39.0 Å². The van der Waals surface area contributed by atoms with Crippen molar-refractivity contribution in [2.45, 2.75) is 40.5 Å². The van der Waals surface area contributed by atoms with E-state index in [1.807, 2.05) is 20.8 Å². The van der Waals surface area contributed by atoms with Crippen molar-refractivity contribution in [1.29, 1.82) is 0 Å². The van der Waals surface area contributed by atoms with Crippen LogP contribution < -0.4 is 26.0 Å². The van der Waals surface area contributed by atoms with Gasteiger partial charge in [-0.2, -0.15) is 15.0 Å². The Bertz CT molecular complexity index is 699. The van der Waals surface area contributed by atoms with Gasteiger partial charge in [-0.25, -0.2) is 0 Å². The maximum atomic E-state index is 11.2. The topological polar surface area (TPSA) is 153 Å².